The van der Waals surface area contributed by atoms with Gasteiger partial charge >= 0.3 is 0 Å². The van der Waals surface area contributed by atoms with Crippen LogP contribution in [0.5, 0.6) is 5.75 Å². The molecule has 14 heavy (non-hydrogen) atoms. The summed E-state index contributed by atoms with van der Waals surface area (Å²) in [6.07, 6.45) is 5.87. The van der Waals surface area contributed by atoms with Gasteiger partial charge < -0.3 is 10.4 Å². The van der Waals surface area contributed by atoms with E-state index in [2.05, 4.69) is 11.2 Å². The molecule has 0 radical (unpaired) electrons. The maximum absolute atomic E-state index is 9.27. The number of terminal acetylenes is 1. The maximum atomic E-state index is 9.27. The first-order valence-corrected chi connectivity index (χ1v) is 4.70. The van der Waals surface area contributed by atoms with Gasteiger partial charge in [-0.15, -0.1) is 12.3 Å². The molecule has 0 aromatic heterocycles. The highest BCUT2D eigenvalue weighted by Gasteiger charge is 2.03. The van der Waals surface area contributed by atoms with Gasteiger partial charge in [-0.25, -0.2) is 0 Å². The average Bonchev–Trinajstić information content (AvgIpc) is 2.18. The zero-order chi connectivity index (χ0) is 10.4. The van der Waals surface area contributed by atoms with E-state index in [9.17, 15) is 5.11 Å². The molecule has 0 aliphatic carbocycles. The topological polar surface area (TPSA) is 32.3 Å². The normalized spacial score (nSPS) is 12.0. The lowest BCUT2D eigenvalue weighted by atomic mass is 10.1. The Labute approximate surface area is 85.0 Å². The number of hydrogen-bond donors (Lipinski definition) is 2. The van der Waals surface area contributed by atoms with E-state index in [4.69, 9.17) is 6.42 Å². The highest BCUT2D eigenvalue weighted by molar-refractivity contribution is 5.28. The lowest BCUT2D eigenvalue weighted by molar-refractivity contribution is 0.472. The van der Waals surface area contributed by atoms with E-state index >= 15 is 0 Å². The van der Waals surface area contributed by atoms with Crippen molar-refractivity contribution in [3.63, 3.8) is 0 Å². The first kappa shape index (κ1) is 10.6. The second-order valence-electron chi connectivity index (χ2n) is 3.22. The molecule has 2 N–H and O–H groups in total. The Balaban J connectivity index is 2.52. The van der Waals surface area contributed by atoms with Crippen molar-refractivity contribution in [3.8, 4) is 18.1 Å². The molecule has 1 aromatic rings. The third-order valence-electron chi connectivity index (χ3n) is 2.09. The molecule has 1 unspecified atom stereocenters. The molecule has 1 atom stereocenters. The third-order valence-corrected chi connectivity index (χ3v) is 2.09. The van der Waals surface area contributed by atoms with Crippen LogP contribution >= 0.6 is 0 Å². The summed E-state index contributed by atoms with van der Waals surface area (Å²) < 4.78 is 0. The fourth-order valence-corrected chi connectivity index (χ4v) is 1.27. The molecule has 0 bridgehead atoms. The van der Waals surface area contributed by atoms with Crippen LogP contribution in [-0.4, -0.2) is 11.7 Å². The third kappa shape index (κ3) is 3.12. The second kappa shape index (κ2) is 5.31. The second-order valence-corrected chi connectivity index (χ2v) is 3.22. The minimum Gasteiger partial charge on any atom is -0.508 e. The Morgan fingerprint density at radius 2 is 2.36 bits per heavy atom. The predicted octanol–water partition coefficient (Wildman–Crippen LogP) is 2.07. The van der Waals surface area contributed by atoms with Crippen LogP contribution in [0.3, 0.4) is 0 Å². The first-order chi connectivity index (χ1) is 6.74. The minimum atomic E-state index is 0.218. The molecule has 2 nitrogen and oxygen atoms in total. The minimum absolute atomic E-state index is 0.218. The van der Waals surface area contributed by atoms with Gasteiger partial charge in [0.2, 0.25) is 0 Å². The summed E-state index contributed by atoms with van der Waals surface area (Å²) in [4.78, 5) is 0. The molecule has 0 spiro atoms. The van der Waals surface area contributed by atoms with Gasteiger partial charge in [0.05, 0.1) is 0 Å². The van der Waals surface area contributed by atoms with Crippen LogP contribution in [0.25, 0.3) is 0 Å². The molecular formula is C12H15NO. The molecule has 0 amide bonds. The fraction of sp³-hybridized carbons (Fsp3) is 0.333. The van der Waals surface area contributed by atoms with Crippen LogP contribution < -0.4 is 5.32 Å². The van der Waals surface area contributed by atoms with Gasteiger partial charge in [0.1, 0.15) is 5.75 Å². The van der Waals surface area contributed by atoms with Crippen molar-refractivity contribution < 1.29 is 5.11 Å². The number of nitrogens with one attached hydrogen (secondary N) is 1. The van der Waals surface area contributed by atoms with Crippen molar-refractivity contribution in [3.05, 3.63) is 29.8 Å². The van der Waals surface area contributed by atoms with E-state index in [1.165, 1.54) is 0 Å². The Morgan fingerprint density at radius 3 is 3.00 bits per heavy atom. The summed E-state index contributed by atoms with van der Waals surface area (Å²) in [6, 6.07) is 7.46. The molecule has 0 saturated heterocycles. The number of phenolic OH excluding ortho intramolecular Hbond substituents is 1. The molecule has 1 aromatic carbocycles. The molecule has 0 heterocycles. The quantitative estimate of drug-likeness (QED) is 0.561. The van der Waals surface area contributed by atoms with Gasteiger partial charge in [-0.05, 0) is 24.6 Å². The summed E-state index contributed by atoms with van der Waals surface area (Å²) in [5.74, 6) is 2.87. The number of rotatable bonds is 4. The van der Waals surface area contributed by atoms with Gasteiger partial charge in [-0.2, -0.15) is 0 Å². The van der Waals surface area contributed by atoms with Gasteiger partial charge in [0, 0.05) is 19.0 Å². The van der Waals surface area contributed by atoms with Gasteiger partial charge in [0.15, 0.2) is 0 Å². The van der Waals surface area contributed by atoms with Crippen LogP contribution in [-0.2, 0) is 0 Å². The number of benzene rings is 1. The summed E-state index contributed by atoms with van der Waals surface area (Å²) in [5, 5.41) is 12.5. The van der Waals surface area contributed by atoms with Crippen molar-refractivity contribution in [2.24, 2.45) is 0 Å². The van der Waals surface area contributed by atoms with Crippen LogP contribution in [0.1, 0.15) is 24.9 Å². The van der Waals surface area contributed by atoms with Crippen LogP contribution in [0, 0.1) is 12.3 Å². The summed E-state index contributed by atoms with van der Waals surface area (Å²) in [7, 11) is 0. The highest BCUT2D eigenvalue weighted by Crippen LogP contribution is 2.17. The Hall–Kier alpha value is -1.46. The highest BCUT2D eigenvalue weighted by atomic mass is 16.3. The smallest absolute Gasteiger partial charge is 0.115 e. The largest absolute Gasteiger partial charge is 0.508 e. The lowest BCUT2D eigenvalue weighted by Gasteiger charge is -2.13. The van der Waals surface area contributed by atoms with Gasteiger partial charge in [0.25, 0.3) is 0 Å². The molecule has 2 heteroatoms. The van der Waals surface area contributed by atoms with E-state index in [1.807, 2.05) is 19.1 Å². The van der Waals surface area contributed by atoms with Crippen molar-refractivity contribution in [1.29, 1.82) is 0 Å². The first-order valence-electron chi connectivity index (χ1n) is 4.70. The van der Waals surface area contributed by atoms with Crippen molar-refractivity contribution in [2.45, 2.75) is 19.4 Å². The maximum Gasteiger partial charge on any atom is 0.115 e. The molecule has 74 valence electrons. The van der Waals surface area contributed by atoms with Crippen LogP contribution in [0.15, 0.2) is 24.3 Å². The SMILES string of the molecule is C#CCCNC(C)c1cccc(O)c1. The molecule has 0 aliphatic rings. The summed E-state index contributed by atoms with van der Waals surface area (Å²) >= 11 is 0. The predicted molar refractivity (Wildman–Crippen MR) is 58.0 cm³/mol. The monoisotopic (exact) mass is 189 g/mol. The van der Waals surface area contributed by atoms with Crippen molar-refractivity contribution >= 4 is 0 Å². The zero-order valence-corrected chi connectivity index (χ0v) is 8.33. The average molecular weight is 189 g/mol. The van der Waals surface area contributed by atoms with E-state index < -0.39 is 0 Å². The molecule has 0 saturated carbocycles. The number of phenols is 1. The standard InChI is InChI=1S/C12H15NO/c1-3-4-8-13-10(2)11-6-5-7-12(14)9-11/h1,5-7,9-10,13-14H,4,8H2,2H3. The Morgan fingerprint density at radius 1 is 1.57 bits per heavy atom. The van der Waals surface area contributed by atoms with Crippen LogP contribution in [0.2, 0.25) is 0 Å². The molecule has 0 aliphatic heterocycles. The Kier molecular flexibility index (Phi) is 4.03. The Bertz CT molecular complexity index is 327. The number of hydrogen-bond acceptors (Lipinski definition) is 2. The van der Waals surface area contributed by atoms with Gasteiger partial charge in [-0.3, -0.25) is 0 Å². The van der Waals surface area contributed by atoms with Gasteiger partial charge in [-0.1, -0.05) is 12.1 Å². The molecule has 1 rings (SSSR count). The van der Waals surface area contributed by atoms with Crippen molar-refractivity contribution in [2.75, 3.05) is 6.54 Å². The molecular weight excluding hydrogens is 174 g/mol. The zero-order valence-electron chi connectivity index (χ0n) is 8.33. The van der Waals surface area contributed by atoms with E-state index in [1.54, 1.807) is 12.1 Å². The van der Waals surface area contributed by atoms with Crippen molar-refractivity contribution in [1.82, 2.24) is 5.32 Å². The van der Waals surface area contributed by atoms with E-state index in [0.29, 0.717) is 5.75 Å². The summed E-state index contributed by atoms with van der Waals surface area (Å²) in [5.41, 5.74) is 1.07. The van der Waals surface area contributed by atoms with Crippen LogP contribution in [0.4, 0.5) is 0 Å². The fourth-order valence-electron chi connectivity index (χ4n) is 1.27. The lowest BCUT2D eigenvalue weighted by Crippen LogP contribution is -2.19. The summed E-state index contributed by atoms with van der Waals surface area (Å²) in [6.45, 7) is 2.85. The number of aromatic hydroxyl groups is 1. The molecule has 0 fully saturated rings. The van der Waals surface area contributed by atoms with E-state index in [-0.39, 0.29) is 6.04 Å². The van der Waals surface area contributed by atoms with E-state index in [0.717, 1.165) is 18.5 Å².